The summed E-state index contributed by atoms with van der Waals surface area (Å²) in [6.07, 6.45) is 0.958. The fourth-order valence-electron chi connectivity index (χ4n) is 2.40. The third-order valence-electron chi connectivity index (χ3n) is 3.47. The number of amides is 1. The molecule has 3 rings (SSSR count). The van der Waals surface area contributed by atoms with Gasteiger partial charge in [0.25, 0.3) is 5.91 Å². The average Bonchev–Trinajstić information content (AvgIpc) is 2.91. The van der Waals surface area contributed by atoms with Crippen LogP contribution in [0.5, 0.6) is 5.75 Å². The number of benzene rings is 1. The van der Waals surface area contributed by atoms with Crippen molar-refractivity contribution in [3.63, 3.8) is 0 Å². The van der Waals surface area contributed by atoms with Gasteiger partial charge in [-0.2, -0.15) is 0 Å². The van der Waals surface area contributed by atoms with Gasteiger partial charge in [-0.3, -0.25) is 4.79 Å². The van der Waals surface area contributed by atoms with Gasteiger partial charge in [-0.15, -0.1) is 11.3 Å². The molecule has 1 aliphatic rings. The predicted molar refractivity (Wildman–Crippen MR) is 80.5 cm³/mol. The van der Waals surface area contributed by atoms with Gasteiger partial charge in [0.1, 0.15) is 5.75 Å². The fraction of sp³-hybridized carbons (Fsp3) is 0.312. The number of nitrogens with one attached hydrogen (secondary N) is 1. The van der Waals surface area contributed by atoms with Crippen LogP contribution in [0.25, 0.3) is 0 Å². The summed E-state index contributed by atoms with van der Waals surface area (Å²) in [5.74, 6) is 1.33. The Balaban J connectivity index is 1.56. The second kappa shape index (κ2) is 5.67. The molecule has 1 amide bonds. The van der Waals surface area contributed by atoms with Crippen molar-refractivity contribution in [1.82, 2.24) is 5.32 Å². The average molecular weight is 287 g/mol. The molecule has 1 N–H and O–H groups in total. The van der Waals surface area contributed by atoms with E-state index in [1.54, 1.807) is 0 Å². The molecule has 4 heteroatoms. The second-order valence-electron chi connectivity index (χ2n) is 5.11. The van der Waals surface area contributed by atoms with Gasteiger partial charge >= 0.3 is 0 Å². The first-order valence-electron chi connectivity index (χ1n) is 6.78. The summed E-state index contributed by atoms with van der Waals surface area (Å²) in [5.41, 5.74) is 1.23. The van der Waals surface area contributed by atoms with Crippen LogP contribution in [0.15, 0.2) is 36.4 Å². The molecule has 0 radical (unpaired) electrons. The highest BCUT2D eigenvalue weighted by Gasteiger charge is 2.20. The van der Waals surface area contributed by atoms with Crippen molar-refractivity contribution < 1.29 is 9.53 Å². The molecule has 0 saturated heterocycles. The molecule has 20 heavy (non-hydrogen) atoms. The molecule has 1 atom stereocenters. The molecule has 0 aliphatic carbocycles. The highest BCUT2D eigenvalue weighted by molar-refractivity contribution is 7.13. The van der Waals surface area contributed by atoms with Crippen LogP contribution in [0, 0.1) is 12.8 Å². The molecule has 0 saturated carbocycles. The lowest BCUT2D eigenvalue weighted by molar-refractivity contribution is 0.0943. The van der Waals surface area contributed by atoms with Gasteiger partial charge in [-0.05, 0) is 37.1 Å². The van der Waals surface area contributed by atoms with Crippen LogP contribution in [0.4, 0.5) is 0 Å². The Bertz CT molecular complexity index is 620. The van der Waals surface area contributed by atoms with Crippen molar-refractivity contribution in [3.05, 3.63) is 51.7 Å². The number of fused-ring (bicyclic) bond motifs is 1. The maximum atomic E-state index is 12.0. The Morgan fingerprint density at radius 2 is 2.20 bits per heavy atom. The van der Waals surface area contributed by atoms with E-state index in [1.807, 2.05) is 37.3 Å². The number of hydrogen-bond acceptors (Lipinski definition) is 3. The van der Waals surface area contributed by atoms with Crippen LogP contribution in [0.3, 0.4) is 0 Å². The van der Waals surface area contributed by atoms with Crippen LogP contribution >= 0.6 is 11.3 Å². The van der Waals surface area contributed by atoms with Gasteiger partial charge < -0.3 is 10.1 Å². The molecular formula is C16H17NO2S. The van der Waals surface area contributed by atoms with Crippen molar-refractivity contribution in [2.45, 2.75) is 13.3 Å². The summed E-state index contributed by atoms with van der Waals surface area (Å²) in [6.45, 7) is 3.33. The number of ether oxygens (including phenoxy) is 1. The Morgan fingerprint density at radius 3 is 3.00 bits per heavy atom. The molecular weight excluding hydrogens is 270 g/mol. The van der Waals surface area contributed by atoms with E-state index in [4.69, 9.17) is 4.74 Å². The monoisotopic (exact) mass is 287 g/mol. The first-order chi connectivity index (χ1) is 9.72. The van der Waals surface area contributed by atoms with Crippen molar-refractivity contribution in [2.75, 3.05) is 13.2 Å². The summed E-state index contributed by atoms with van der Waals surface area (Å²) in [5, 5.41) is 3.00. The summed E-state index contributed by atoms with van der Waals surface area (Å²) in [7, 11) is 0. The number of thiophene rings is 1. The Labute approximate surface area is 122 Å². The maximum Gasteiger partial charge on any atom is 0.261 e. The first kappa shape index (κ1) is 13.2. The van der Waals surface area contributed by atoms with E-state index in [0.29, 0.717) is 19.1 Å². The van der Waals surface area contributed by atoms with Crippen molar-refractivity contribution in [2.24, 2.45) is 5.92 Å². The van der Waals surface area contributed by atoms with Crippen molar-refractivity contribution >= 4 is 17.2 Å². The lowest BCUT2D eigenvalue weighted by Crippen LogP contribution is -2.34. The molecule has 0 spiro atoms. The number of carbonyl (C=O) groups is 1. The maximum absolute atomic E-state index is 12.0. The minimum absolute atomic E-state index is 0.0157. The highest BCUT2D eigenvalue weighted by atomic mass is 32.1. The number of para-hydroxylation sites is 1. The molecule has 2 heterocycles. The molecule has 3 nitrogen and oxygen atoms in total. The molecule has 0 fully saturated rings. The van der Waals surface area contributed by atoms with Gasteiger partial charge in [-0.1, -0.05) is 18.2 Å². The summed E-state index contributed by atoms with van der Waals surface area (Å²) < 4.78 is 5.73. The van der Waals surface area contributed by atoms with E-state index >= 15 is 0 Å². The zero-order chi connectivity index (χ0) is 13.9. The van der Waals surface area contributed by atoms with E-state index in [9.17, 15) is 4.79 Å². The number of rotatable bonds is 3. The third kappa shape index (κ3) is 2.85. The number of hydrogen-bond donors (Lipinski definition) is 1. The summed E-state index contributed by atoms with van der Waals surface area (Å²) in [6, 6.07) is 11.9. The summed E-state index contributed by atoms with van der Waals surface area (Å²) in [4.78, 5) is 13.9. The SMILES string of the molecule is Cc1ccc(C(=O)NCC2COc3ccccc3C2)s1. The predicted octanol–water partition coefficient (Wildman–Crippen LogP) is 3.04. The fourth-order valence-corrected chi connectivity index (χ4v) is 3.19. The quantitative estimate of drug-likeness (QED) is 0.942. The Morgan fingerprint density at radius 1 is 1.35 bits per heavy atom. The van der Waals surface area contributed by atoms with Gasteiger partial charge in [0.2, 0.25) is 0 Å². The molecule has 1 aliphatic heterocycles. The standard InChI is InChI=1S/C16H17NO2S/c1-11-6-7-15(20-11)16(18)17-9-12-8-13-4-2-3-5-14(13)19-10-12/h2-7,12H,8-10H2,1H3,(H,17,18). The zero-order valence-electron chi connectivity index (χ0n) is 11.4. The van der Waals surface area contributed by atoms with E-state index in [-0.39, 0.29) is 5.91 Å². The molecule has 0 bridgehead atoms. The largest absolute Gasteiger partial charge is 0.493 e. The van der Waals surface area contributed by atoms with E-state index in [0.717, 1.165) is 21.9 Å². The highest BCUT2D eigenvalue weighted by Crippen LogP contribution is 2.26. The Kier molecular flexibility index (Phi) is 3.74. The van der Waals surface area contributed by atoms with Gasteiger partial charge in [0.15, 0.2) is 0 Å². The van der Waals surface area contributed by atoms with Gasteiger partial charge in [0, 0.05) is 17.3 Å². The van der Waals surface area contributed by atoms with E-state index in [2.05, 4.69) is 11.4 Å². The van der Waals surface area contributed by atoms with Crippen molar-refractivity contribution in [1.29, 1.82) is 0 Å². The normalized spacial score (nSPS) is 17.1. The van der Waals surface area contributed by atoms with Crippen molar-refractivity contribution in [3.8, 4) is 5.75 Å². The minimum atomic E-state index is 0.0157. The number of carbonyl (C=O) groups excluding carboxylic acids is 1. The number of aryl methyl sites for hydroxylation is 1. The lowest BCUT2D eigenvalue weighted by atomic mass is 9.97. The smallest absolute Gasteiger partial charge is 0.261 e. The van der Waals surface area contributed by atoms with Crippen LogP contribution in [-0.4, -0.2) is 19.1 Å². The topological polar surface area (TPSA) is 38.3 Å². The summed E-state index contributed by atoms with van der Waals surface area (Å²) >= 11 is 1.53. The third-order valence-corrected chi connectivity index (χ3v) is 4.47. The molecule has 1 aromatic heterocycles. The van der Waals surface area contributed by atoms with Crippen LogP contribution < -0.4 is 10.1 Å². The molecule has 1 unspecified atom stereocenters. The van der Waals surface area contributed by atoms with Crippen LogP contribution in [-0.2, 0) is 6.42 Å². The zero-order valence-corrected chi connectivity index (χ0v) is 12.2. The molecule has 104 valence electrons. The van der Waals surface area contributed by atoms with Crippen LogP contribution in [0.1, 0.15) is 20.1 Å². The van der Waals surface area contributed by atoms with E-state index < -0.39 is 0 Å². The minimum Gasteiger partial charge on any atom is -0.493 e. The Hall–Kier alpha value is -1.81. The first-order valence-corrected chi connectivity index (χ1v) is 7.59. The molecule has 2 aromatic rings. The lowest BCUT2D eigenvalue weighted by Gasteiger charge is -2.25. The second-order valence-corrected chi connectivity index (χ2v) is 6.40. The van der Waals surface area contributed by atoms with Crippen LogP contribution in [0.2, 0.25) is 0 Å². The van der Waals surface area contributed by atoms with E-state index in [1.165, 1.54) is 16.9 Å². The van der Waals surface area contributed by atoms with Gasteiger partial charge in [-0.25, -0.2) is 0 Å². The van der Waals surface area contributed by atoms with Gasteiger partial charge in [0.05, 0.1) is 11.5 Å². The molecule has 1 aromatic carbocycles.